The van der Waals surface area contributed by atoms with Crippen molar-refractivity contribution in [1.29, 1.82) is 0 Å². The predicted octanol–water partition coefficient (Wildman–Crippen LogP) is 4.65. The minimum absolute atomic E-state index is 0.000314. The lowest BCUT2D eigenvalue weighted by Crippen LogP contribution is -2.61. The maximum absolute atomic E-state index is 14.9. The van der Waals surface area contributed by atoms with Crippen LogP contribution in [0, 0.1) is 22.7 Å². The van der Waals surface area contributed by atoms with Crippen LogP contribution in [0.5, 0.6) is 5.75 Å². The van der Waals surface area contributed by atoms with E-state index in [1.165, 1.54) is 4.90 Å². The molecule has 2 heterocycles. The third-order valence-electron chi connectivity index (χ3n) is 13.0. The van der Waals surface area contributed by atoms with E-state index in [1.807, 2.05) is 39.0 Å². The number of carbonyl (C=O) groups is 4. The summed E-state index contributed by atoms with van der Waals surface area (Å²) in [5, 5.41) is 10.3. The molecule has 14 heteroatoms. The number of hydrogen-bond acceptors (Lipinski definition) is 8. The van der Waals surface area contributed by atoms with E-state index in [0.29, 0.717) is 25.8 Å². The van der Waals surface area contributed by atoms with Gasteiger partial charge in [0.2, 0.25) is 21.8 Å². The molecular weight excluding hydrogens is 735 g/mol. The number of ether oxygens (including phenoxy) is 2. The van der Waals surface area contributed by atoms with Gasteiger partial charge in [-0.15, -0.1) is 0 Å². The highest BCUT2D eigenvalue weighted by molar-refractivity contribution is 7.91. The van der Waals surface area contributed by atoms with E-state index in [0.717, 1.165) is 66.2 Å². The van der Waals surface area contributed by atoms with Crippen LogP contribution in [0.15, 0.2) is 30.3 Å². The lowest BCUT2D eigenvalue weighted by molar-refractivity contribution is -0.143. The molecule has 2 aromatic carbocycles. The Labute approximate surface area is 330 Å². The van der Waals surface area contributed by atoms with Crippen LogP contribution in [0.3, 0.4) is 0 Å². The Hall–Kier alpha value is -3.91. The summed E-state index contributed by atoms with van der Waals surface area (Å²) in [6, 6.07) is 7.59. The van der Waals surface area contributed by atoms with E-state index < -0.39 is 67.7 Å². The summed E-state index contributed by atoms with van der Waals surface area (Å²) in [6.07, 6.45) is 6.58. The molecule has 7 rings (SSSR count). The number of rotatable bonds is 8. The number of nitrogens with zero attached hydrogens (tertiary/aromatic N) is 1. The van der Waals surface area contributed by atoms with Crippen LogP contribution < -0.4 is 25.4 Å². The fourth-order valence-corrected chi connectivity index (χ4v) is 10.4. The quantitative estimate of drug-likeness (QED) is 0.299. The average molecular weight is 794 g/mol. The van der Waals surface area contributed by atoms with Crippen molar-refractivity contribution in [2.24, 2.45) is 22.7 Å². The largest absolute Gasteiger partial charge is 0.496 e. The first-order valence-electron chi connectivity index (χ1n) is 20.2. The van der Waals surface area contributed by atoms with E-state index in [2.05, 4.69) is 46.7 Å². The van der Waals surface area contributed by atoms with Crippen molar-refractivity contribution in [3.63, 3.8) is 0 Å². The number of carbonyl (C=O) groups excluding carboxylic acids is 4. The Kier molecular flexibility index (Phi) is 10.4. The van der Waals surface area contributed by atoms with Gasteiger partial charge in [0.25, 0.3) is 5.91 Å². The van der Waals surface area contributed by atoms with Gasteiger partial charge in [0.1, 0.15) is 29.0 Å². The molecule has 0 radical (unpaired) electrons. The number of urea groups is 1. The van der Waals surface area contributed by atoms with Crippen molar-refractivity contribution < 1.29 is 37.1 Å². The number of nitrogens with one attached hydrogen (secondary N) is 4. The molecule has 0 aromatic heterocycles. The first-order valence-corrected chi connectivity index (χ1v) is 21.8. The molecule has 13 nitrogen and oxygen atoms in total. The van der Waals surface area contributed by atoms with Crippen LogP contribution in [0.25, 0.3) is 10.8 Å². The Bertz CT molecular complexity index is 2020. The summed E-state index contributed by atoms with van der Waals surface area (Å²) in [6.45, 7) is 10.4. The minimum atomic E-state index is -3.86. The van der Waals surface area contributed by atoms with Crippen molar-refractivity contribution in [1.82, 2.24) is 25.6 Å². The number of aryl methyl sites for hydroxylation is 1. The second-order valence-electron chi connectivity index (χ2n) is 18.9. The maximum Gasteiger partial charge on any atom is 0.315 e. The molecular formula is C42H59N5O8S. The van der Waals surface area contributed by atoms with Gasteiger partial charge in [-0.25, -0.2) is 13.2 Å². The molecule has 3 aliphatic carbocycles. The molecule has 2 aromatic rings. The molecule has 5 bridgehead atoms. The second kappa shape index (κ2) is 14.5. The van der Waals surface area contributed by atoms with Crippen molar-refractivity contribution in [3.05, 3.63) is 41.5 Å². The summed E-state index contributed by atoms with van der Waals surface area (Å²) >= 11 is 0. The molecule has 5 aliphatic rings. The number of sulfonamides is 1. The van der Waals surface area contributed by atoms with Gasteiger partial charge in [-0.05, 0) is 121 Å². The van der Waals surface area contributed by atoms with Gasteiger partial charge in [-0.1, -0.05) is 46.8 Å². The number of amides is 5. The molecule has 306 valence electrons. The maximum atomic E-state index is 14.9. The molecule has 0 unspecified atom stereocenters. The summed E-state index contributed by atoms with van der Waals surface area (Å²) < 4.78 is 40.3. The van der Waals surface area contributed by atoms with E-state index in [1.54, 1.807) is 14.2 Å². The summed E-state index contributed by atoms with van der Waals surface area (Å²) in [4.78, 5) is 58.5. The first kappa shape index (κ1) is 40.3. The summed E-state index contributed by atoms with van der Waals surface area (Å²) in [5.41, 5.74) is -1.49. The zero-order valence-corrected chi connectivity index (χ0v) is 34.7. The van der Waals surface area contributed by atoms with Crippen molar-refractivity contribution >= 4 is 44.5 Å². The Morgan fingerprint density at radius 1 is 0.964 bits per heavy atom. The van der Waals surface area contributed by atoms with Gasteiger partial charge in [-0.3, -0.25) is 19.1 Å². The highest BCUT2D eigenvalue weighted by Gasteiger charge is 2.67. The summed E-state index contributed by atoms with van der Waals surface area (Å²) in [5.74, 6) is -0.912. The van der Waals surface area contributed by atoms with Crippen LogP contribution in [-0.4, -0.2) is 87.3 Å². The molecule has 0 spiro atoms. The average Bonchev–Trinajstić information content (AvgIpc) is 4.00. The highest BCUT2D eigenvalue weighted by atomic mass is 32.2. The van der Waals surface area contributed by atoms with Crippen molar-refractivity contribution in [3.8, 4) is 5.75 Å². The lowest BCUT2D eigenvalue weighted by Gasteiger charge is -2.36. The number of fused-ring (bicyclic) bond motifs is 5. The zero-order valence-electron chi connectivity index (χ0n) is 33.9. The molecule has 56 heavy (non-hydrogen) atoms. The predicted molar refractivity (Wildman–Crippen MR) is 212 cm³/mol. The normalized spacial score (nSPS) is 29.8. The molecule has 1 saturated heterocycles. The molecule has 2 aliphatic heterocycles. The number of methoxy groups -OCH3 is 2. The Balaban J connectivity index is 1.28. The van der Waals surface area contributed by atoms with Gasteiger partial charge < -0.3 is 30.3 Å². The lowest BCUT2D eigenvalue weighted by atomic mass is 9.83. The molecule has 3 saturated carbocycles. The standard InChI is InChI=1S/C42H59N5O8S/c1-39(2,3)34-36(49)47-24-41(55-7,23-32(47)35(48)45-42(22-31(42)25-10-11-25)37(50)46-56(52,53)30-14-15-30)29-13-12-26-21-33(54-6)27(19-28(26)20-29)9-8-16-40(4,5)17-18-43-38(51)44-34/h12-13,19-21,25,30-32,34H,8-11,14-18,22-24H2,1-7H3,(H,45,48)(H,46,50)(H2,43,44,51)/t31-,32-,34+,41-,42+/m0/s1. The second-order valence-corrected chi connectivity index (χ2v) is 20.8. The number of hydrogen-bond donors (Lipinski definition) is 4. The van der Waals surface area contributed by atoms with E-state index in [-0.39, 0.29) is 30.2 Å². The van der Waals surface area contributed by atoms with Crippen LogP contribution in [0.2, 0.25) is 0 Å². The topological polar surface area (TPSA) is 172 Å². The van der Waals surface area contributed by atoms with Gasteiger partial charge in [0.15, 0.2) is 0 Å². The van der Waals surface area contributed by atoms with Crippen LogP contribution in [0.1, 0.15) is 104 Å². The minimum Gasteiger partial charge on any atom is -0.496 e. The van der Waals surface area contributed by atoms with E-state index in [9.17, 15) is 27.6 Å². The van der Waals surface area contributed by atoms with E-state index >= 15 is 0 Å². The number of benzene rings is 2. The highest BCUT2D eigenvalue weighted by Crippen LogP contribution is 2.57. The fraction of sp³-hybridized carbons (Fsp3) is 0.667. The van der Waals surface area contributed by atoms with Crippen molar-refractivity contribution in [2.75, 3.05) is 27.3 Å². The molecule has 5 amide bonds. The van der Waals surface area contributed by atoms with Crippen LogP contribution in [-0.2, 0) is 41.2 Å². The smallest absolute Gasteiger partial charge is 0.315 e. The monoisotopic (exact) mass is 793 g/mol. The fourth-order valence-electron chi connectivity index (χ4n) is 9.00. The first-order chi connectivity index (χ1) is 26.3. The molecule has 5 atom stereocenters. The molecule has 4 N–H and O–H groups in total. The summed E-state index contributed by atoms with van der Waals surface area (Å²) in [7, 11) is -0.619. The van der Waals surface area contributed by atoms with Gasteiger partial charge in [-0.2, -0.15) is 0 Å². The molecule has 4 fully saturated rings. The Morgan fingerprint density at radius 3 is 2.34 bits per heavy atom. The SMILES string of the molecule is COc1cc2ccc3cc2cc1CCCC(C)(C)CCNC(=O)N[C@@H](C(C)(C)C)C(=O)N1C[C@@]3(OC)C[C@H]1C(=O)N[C@]1(C(=O)NS(=O)(=O)C2CC2)C[C@H]1C1CC1. The van der Waals surface area contributed by atoms with E-state index in [4.69, 9.17) is 9.47 Å². The van der Waals surface area contributed by atoms with Crippen LogP contribution >= 0.6 is 0 Å². The third-order valence-corrected chi connectivity index (χ3v) is 14.8. The third kappa shape index (κ3) is 7.97. The van der Waals surface area contributed by atoms with Crippen LogP contribution in [0.4, 0.5) is 4.79 Å². The van der Waals surface area contributed by atoms with Crippen molar-refractivity contribution in [2.45, 2.75) is 127 Å². The Morgan fingerprint density at radius 2 is 1.70 bits per heavy atom. The van der Waals surface area contributed by atoms with Gasteiger partial charge >= 0.3 is 6.03 Å². The van der Waals surface area contributed by atoms with Gasteiger partial charge in [0, 0.05) is 20.1 Å². The zero-order chi connectivity index (χ0) is 40.4. The van der Waals surface area contributed by atoms with Gasteiger partial charge in [0.05, 0.1) is 18.9 Å².